The number of hydrogen-bond donors (Lipinski definition) is 2. The third kappa shape index (κ3) is 4.05. The van der Waals surface area contributed by atoms with Gasteiger partial charge in [-0.25, -0.2) is 0 Å². The van der Waals surface area contributed by atoms with Gasteiger partial charge in [0.1, 0.15) is 0 Å². The van der Waals surface area contributed by atoms with E-state index in [1.807, 2.05) is 24.3 Å². The minimum atomic E-state index is -0.0308. The molecule has 1 saturated carbocycles. The first-order valence-electron chi connectivity index (χ1n) is 7.35. The van der Waals surface area contributed by atoms with E-state index >= 15 is 0 Å². The molecular weight excluding hydrogens is 262 g/mol. The zero-order valence-corrected chi connectivity index (χ0v) is 11.9. The van der Waals surface area contributed by atoms with Crippen molar-refractivity contribution >= 4 is 11.6 Å². The van der Waals surface area contributed by atoms with Crippen molar-refractivity contribution in [2.75, 3.05) is 11.9 Å². The first kappa shape index (κ1) is 13.6. The van der Waals surface area contributed by atoms with Crippen molar-refractivity contribution in [2.24, 2.45) is 0 Å². The van der Waals surface area contributed by atoms with Crippen LogP contribution in [0.4, 0.5) is 5.69 Å². The average molecular weight is 281 g/mol. The Hall–Kier alpha value is -2.36. The molecule has 0 saturated heterocycles. The molecule has 21 heavy (non-hydrogen) atoms. The number of amides is 1. The molecule has 0 aliphatic heterocycles. The highest BCUT2D eigenvalue weighted by molar-refractivity contribution is 5.95. The Morgan fingerprint density at radius 1 is 1.19 bits per heavy atom. The molecule has 0 bridgehead atoms. The van der Waals surface area contributed by atoms with Gasteiger partial charge < -0.3 is 10.6 Å². The highest BCUT2D eigenvalue weighted by Gasteiger charge is 2.23. The van der Waals surface area contributed by atoms with Crippen molar-refractivity contribution in [3.05, 3.63) is 59.9 Å². The number of nitrogens with zero attached hydrogens (tertiary/aromatic N) is 1. The van der Waals surface area contributed by atoms with E-state index in [2.05, 4.69) is 27.8 Å². The second-order valence-electron chi connectivity index (χ2n) is 5.37. The van der Waals surface area contributed by atoms with Crippen LogP contribution >= 0.6 is 0 Å². The Labute approximate surface area is 124 Å². The van der Waals surface area contributed by atoms with E-state index in [9.17, 15) is 4.79 Å². The van der Waals surface area contributed by atoms with Crippen LogP contribution in [0.15, 0.2) is 48.8 Å². The second kappa shape index (κ2) is 6.39. The minimum Gasteiger partial charge on any atom is -0.383 e. The fourth-order valence-corrected chi connectivity index (χ4v) is 2.15. The highest BCUT2D eigenvalue weighted by atomic mass is 16.1. The van der Waals surface area contributed by atoms with Gasteiger partial charge in [0, 0.05) is 25.0 Å². The number of nitrogens with one attached hydrogen (secondary N) is 2. The van der Waals surface area contributed by atoms with Crippen LogP contribution in [0.25, 0.3) is 0 Å². The molecule has 1 amide bonds. The molecule has 0 spiro atoms. The maximum Gasteiger partial charge on any atom is 0.253 e. The number of anilines is 1. The number of carbonyl (C=O) groups is 1. The Bertz CT molecular complexity index is 608. The number of pyridine rings is 1. The van der Waals surface area contributed by atoms with Gasteiger partial charge in [-0.05, 0) is 30.9 Å². The van der Waals surface area contributed by atoms with Crippen LogP contribution < -0.4 is 10.6 Å². The summed E-state index contributed by atoms with van der Waals surface area (Å²) in [6.45, 7) is 0.819. The second-order valence-corrected chi connectivity index (χ2v) is 5.37. The van der Waals surface area contributed by atoms with Crippen LogP contribution in [0.1, 0.15) is 28.8 Å². The summed E-state index contributed by atoms with van der Waals surface area (Å²) >= 11 is 0. The summed E-state index contributed by atoms with van der Waals surface area (Å²) in [5.74, 6) is -0.0308. The maximum atomic E-state index is 12.0. The van der Waals surface area contributed by atoms with Gasteiger partial charge in [0.05, 0.1) is 11.3 Å². The van der Waals surface area contributed by atoms with Crippen molar-refractivity contribution < 1.29 is 4.79 Å². The lowest BCUT2D eigenvalue weighted by molar-refractivity contribution is 0.0951. The molecule has 4 nitrogen and oxygen atoms in total. The van der Waals surface area contributed by atoms with E-state index in [1.165, 1.54) is 5.56 Å². The molecule has 1 aromatic carbocycles. The van der Waals surface area contributed by atoms with Crippen LogP contribution in [-0.4, -0.2) is 23.5 Å². The quantitative estimate of drug-likeness (QED) is 0.856. The zero-order chi connectivity index (χ0) is 14.5. The molecule has 2 aromatic rings. The Morgan fingerprint density at radius 2 is 2.00 bits per heavy atom. The number of carbonyl (C=O) groups excluding carboxylic acids is 1. The smallest absolute Gasteiger partial charge is 0.253 e. The Kier molecular flexibility index (Phi) is 4.15. The molecule has 3 rings (SSSR count). The van der Waals surface area contributed by atoms with Gasteiger partial charge >= 0.3 is 0 Å². The van der Waals surface area contributed by atoms with E-state index in [0.29, 0.717) is 11.6 Å². The normalized spacial score (nSPS) is 13.7. The lowest BCUT2D eigenvalue weighted by Gasteiger charge is -2.08. The lowest BCUT2D eigenvalue weighted by Crippen LogP contribution is -2.25. The zero-order valence-electron chi connectivity index (χ0n) is 11.9. The summed E-state index contributed by atoms with van der Waals surface area (Å²) in [7, 11) is 0. The van der Waals surface area contributed by atoms with E-state index in [4.69, 9.17) is 0 Å². The van der Waals surface area contributed by atoms with Gasteiger partial charge in [0.25, 0.3) is 5.91 Å². The first-order chi connectivity index (χ1) is 10.3. The molecule has 0 atom stereocenters. The minimum absolute atomic E-state index is 0.0308. The predicted molar refractivity (Wildman–Crippen MR) is 83.4 cm³/mol. The molecule has 1 fully saturated rings. The molecule has 1 heterocycles. The fraction of sp³-hybridized carbons (Fsp3) is 0.294. The van der Waals surface area contributed by atoms with Crippen molar-refractivity contribution in [3.8, 4) is 0 Å². The van der Waals surface area contributed by atoms with Crippen LogP contribution in [-0.2, 0) is 6.42 Å². The van der Waals surface area contributed by atoms with Gasteiger partial charge in [-0.2, -0.15) is 0 Å². The molecule has 1 aromatic heterocycles. The van der Waals surface area contributed by atoms with E-state index in [1.54, 1.807) is 12.4 Å². The van der Waals surface area contributed by atoms with Gasteiger partial charge in [-0.1, -0.05) is 30.3 Å². The maximum absolute atomic E-state index is 12.0. The molecule has 4 heteroatoms. The molecule has 2 N–H and O–H groups in total. The van der Waals surface area contributed by atoms with Crippen molar-refractivity contribution in [1.82, 2.24) is 10.3 Å². The summed E-state index contributed by atoms with van der Waals surface area (Å²) in [6.07, 6.45) is 6.49. The van der Waals surface area contributed by atoms with Crippen LogP contribution in [0.5, 0.6) is 0 Å². The number of aromatic nitrogens is 1. The summed E-state index contributed by atoms with van der Waals surface area (Å²) < 4.78 is 0. The summed E-state index contributed by atoms with van der Waals surface area (Å²) in [6, 6.07) is 12.5. The first-order valence-corrected chi connectivity index (χ1v) is 7.35. The molecule has 108 valence electrons. The summed E-state index contributed by atoms with van der Waals surface area (Å²) in [5, 5.41) is 6.29. The van der Waals surface area contributed by atoms with Gasteiger partial charge in [0.15, 0.2) is 0 Å². The number of rotatable bonds is 6. The van der Waals surface area contributed by atoms with Gasteiger partial charge in [0.2, 0.25) is 0 Å². The molecule has 0 unspecified atom stereocenters. The number of benzene rings is 1. The highest BCUT2D eigenvalue weighted by Crippen LogP contribution is 2.19. The molecule has 0 radical (unpaired) electrons. The third-order valence-corrected chi connectivity index (χ3v) is 3.50. The predicted octanol–water partition coefficient (Wildman–Crippen LogP) is 2.63. The van der Waals surface area contributed by atoms with Crippen molar-refractivity contribution in [3.63, 3.8) is 0 Å². The average Bonchev–Trinajstić information content (AvgIpc) is 3.33. The SMILES string of the molecule is O=C(NC1CC1)c1cncc(NCCc2ccccc2)c1. The standard InChI is InChI=1S/C17H19N3O/c21-17(20-15-6-7-15)14-10-16(12-18-11-14)19-9-8-13-4-2-1-3-5-13/h1-5,10-12,15,19H,6-9H2,(H,20,21). The molecular formula is C17H19N3O. The van der Waals surface area contributed by atoms with Gasteiger partial charge in [-0.15, -0.1) is 0 Å². The van der Waals surface area contributed by atoms with Crippen molar-refractivity contribution in [1.29, 1.82) is 0 Å². The monoisotopic (exact) mass is 281 g/mol. The van der Waals surface area contributed by atoms with Crippen LogP contribution in [0, 0.1) is 0 Å². The van der Waals surface area contributed by atoms with E-state index in [-0.39, 0.29) is 5.91 Å². The topological polar surface area (TPSA) is 54.0 Å². The van der Waals surface area contributed by atoms with E-state index < -0.39 is 0 Å². The summed E-state index contributed by atoms with van der Waals surface area (Å²) in [5.41, 5.74) is 2.79. The fourth-order valence-electron chi connectivity index (χ4n) is 2.15. The lowest BCUT2D eigenvalue weighted by atomic mass is 10.1. The molecule has 1 aliphatic rings. The Morgan fingerprint density at radius 3 is 2.76 bits per heavy atom. The van der Waals surface area contributed by atoms with E-state index in [0.717, 1.165) is 31.5 Å². The molecule has 1 aliphatic carbocycles. The van der Waals surface area contributed by atoms with Crippen LogP contribution in [0.3, 0.4) is 0 Å². The van der Waals surface area contributed by atoms with Crippen molar-refractivity contribution in [2.45, 2.75) is 25.3 Å². The summed E-state index contributed by atoms with van der Waals surface area (Å²) in [4.78, 5) is 16.1. The van der Waals surface area contributed by atoms with Gasteiger partial charge in [-0.3, -0.25) is 9.78 Å². The number of hydrogen-bond acceptors (Lipinski definition) is 3. The Balaban J connectivity index is 1.54. The largest absolute Gasteiger partial charge is 0.383 e. The third-order valence-electron chi connectivity index (χ3n) is 3.50. The van der Waals surface area contributed by atoms with Crippen LogP contribution in [0.2, 0.25) is 0 Å².